The van der Waals surface area contributed by atoms with Crippen LogP contribution in [-0.2, 0) is 17.6 Å². The zero-order chi connectivity index (χ0) is 19.6. The number of hydrogen-bond donors (Lipinski definition) is 3. The number of nitrogens with two attached hydrogens (primary N) is 1. The summed E-state index contributed by atoms with van der Waals surface area (Å²) in [6.45, 7) is 4.63. The Bertz CT molecular complexity index is 837. The topological polar surface area (TPSA) is 92.8 Å². The Morgan fingerprint density at radius 3 is 2.67 bits per heavy atom. The van der Waals surface area contributed by atoms with E-state index in [1.807, 2.05) is 50.2 Å². The molecule has 0 radical (unpaired) electrons. The fourth-order valence-corrected chi connectivity index (χ4v) is 3.90. The summed E-state index contributed by atoms with van der Waals surface area (Å²) in [5.41, 5.74) is 10.6. The van der Waals surface area contributed by atoms with Gasteiger partial charge in [-0.2, -0.15) is 0 Å². The number of amides is 1. The van der Waals surface area contributed by atoms with Crippen LogP contribution >= 0.6 is 0 Å². The molecular weight excluding hydrogens is 341 g/mol. The van der Waals surface area contributed by atoms with Gasteiger partial charge in [-0.1, -0.05) is 35.9 Å². The quantitative estimate of drug-likeness (QED) is 0.683. The molecule has 0 aromatic heterocycles. The van der Waals surface area contributed by atoms with Crippen molar-refractivity contribution in [2.24, 2.45) is 5.73 Å². The molecule has 0 aliphatic carbocycles. The molecule has 3 rings (SSSR count). The summed E-state index contributed by atoms with van der Waals surface area (Å²) >= 11 is 0. The number of hydrogen-bond acceptors (Lipinski definition) is 4. The van der Waals surface area contributed by atoms with E-state index in [9.17, 15) is 14.8 Å². The second-order valence-corrected chi connectivity index (χ2v) is 7.41. The first-order chi connectivity index (χ1) is 12.9. The molecule has 6 heteroatoms. The van der Waals surface area contributed by atoms with Crippen LogP contribution in [0.25, 0.3) is 0 Å². The first kappa shape index (κ1) is 19.5. The van der Waals surface area contributed by atoms with Crippen LogP contribution in [0.1, 0.15) is 40.2 Å². The maximum atomic E-state index is 12.3. The van der Waals surface area contributed by atoms with Crippen LogP contribution in [0.5, 0.6) is 5.75 Å². The van der Waals surface area contributed by atoms with Crippen LogP contribution in [0, 0.1) is 13.8 Å². The van der Waals surface area contributed by atoms with Gasteiger partial charge < -0.3 is 20.5 Å². The summed E-state index contributed by atoms with van der Waals surface area (Å²) in [7, 11) is -1.67. The van der Waals surface area contributed by atoms with Gasteiger partial charge >= 0.3 is 7.12 Å². The third-order valence-electron chi connectivity index (χ3n) is 5.37. The van der Waals surface area contributed by atoms with Gasteiger partial charge in [-0.25, -0.2) is 0 Å². The second-order valence-electron chi connectivity index (χ2n) is 7.41. The molecule has 1 unspecified atom stereocenters. The van der Waals surface area contributed by atoms with Gasteiger partial charge in [-0.05, 0) is 61.4 Å². The van der Waals surface area contributed by atoms with Gasteiger partial charge in [0.25, 0.3) is 0 Å². The summed E-state index contributed by atoms with van der Waals surface area (Å²) < 4.78 is 5.71. The summed E-state index contributed by atoms with van der Waals surface area (Å²) in [5, 5.41) is 20.1. The molecule has 0 saturated carbocycles. The van der Waals surface area contributed by atoms with Crippen molar-refractivity contribution < 1.29 is 19.6 Å². The monoisotopic (exact) mass is 367 g/mol. The first-order valence-electron chi connectivity index (χ1n) is 9.34. The van der Waals surface area contributed by atoms with Crippen LogP contribution in [0.2, 0.25) is 5.82 Å². The summed E-state index contributed by atoms with van der Waals surface area (Å²) in [6, 6.07) is 11.6. The van der Waals surface area contributed by atoms with Gasteiger partial charge in [-0.15, -0.1) is 0 Å². The molecule has 0 saturated heterocycles. The van der Waals surface area contributed by atoms with Crippen LogP contribution in [-0.4, -0.2) is 29.7 Å². The molecule has 1 aliphatic rings. The molecule has 0 spiro atoms. The Kier molecular flexibility index (Phi) is 5.87. The van der Waals surface area contributed by atoms with E-state index in [4.69, 9.17) is 10.5 Å². The van der Waals surface area contributed by atoms with Crippen LogP contribution in [0.4, 0.5) is 0 Å². The number of rotatable bonds is 6. The summed E-state index contributed by atoms with van der Waals surface area (Å²) in [6.07, 6.45) is 2.25. The molecule has 1 heterocycles. The second kappa shape index (κ2) is 8.15. The number of aryl methyl sites for hydroxylation is 3. The van der Waals surface area contributed by atoms with Crippen LogP contribution < -0.4 is 10.5 Å². The number of carbonyl (C=O) groups excluding carboxylic acids is 1. The molecule has 2 aromatic carbocycles. The van der Waals surface area contributed by atoms with Gasteiger partial charge in [-0.3, -0.25) is 4.79 Å². The number of benzene rings is 2. The first-order valence-corrected chi connectivity index (χ1v) is 9.34. The molecule has 2 aromatic rings. The predicted octanol–water partition coefficient (Wildman–Crippen LogP) is 2.28. The van der Waals surface area contributed by atoms with E-state index in [2.05, 4.69) is 0 Å². The lowest BCUT2D eigenvalue weighted by molar-refractivity contribution is -0.119. The Balaban J connectivity index is 1.96. The number of primary amides is 1. The van der Waals surface area contributed by atoms with Gasteiger partial charge in [0.05, 0.1) is 12.5 Å². The van der Waals surface area contributed by atoms with Crippen molar-refractivity contribution >= 4 is 13.0 Å². The molecule has 1 amide bonds. The van der Waals surface area contributed by atoms with Crippen molar-refractivity contribution in [3.05, 3.63) is 64.2 Å². The van der Waals surface area contributed by atoms with Crippen molar-refractivity contribution in [3.8, 4) is 5.75 Å². The molecule has 2 atom stereocenters. The molecule has 5 nitrogen and oxygen atoms in total. The zero-order valence-corrected chi connectivity index (χ0v) is 15.8. The lowest BCUT2D eigenvalue weighted by atomic mass is 9.60. The molecular formula is C21H26BNO4. The van der Waals surface area contributed by atoms with Crippen molar-refractivity contribution in [1.82, 2.24) is 0 Å². The lowest BCUT2D eigenvalue weighted by Crippen LogP contribution is -2.35. The van der Waals surface area contributed by atoms with E-state index in [1.54, 1.807) is 0 Å². The lowest BCUT2D eigenvalue weighted by Gasteiger charge is -2.27. The normalized spacial score (nSPS) is 15.4. The molecule has 4 N–H and O–H groups in total. The molecule has 0 fully saturated rings. The minimum absolute atomic E-state index is 0.343. The van der Waals surface area contributed by atoms with E-state index in [1.165, 1.54) is 0 Å². The van der Waals surface area contributed by atoms with E-state index < -0.39 is 24.8 Å². The number of fused-ring (bicyclic) bond motifs is 1. The highest BCUT2D eigenvalue weighted by Crippen LogP contribution is 2.37. The largest absolute Gasteiger partial charge is 0.493 e. The van der Waals surface area contributed by atoms with E-state index in [-0.39, 0.29) is 0 Å². The SMILES string of the molecule is Cc1ccc(C[C@@H](B(O)O)C(C(N)=O)c2ccc3c(c2)OCCC3)c(C)c1. The van der Waals surface area contributed by atoms with Gasteiger partial charge in [0, 0.05) is 5.82 Å². The molecule has 27 heavy (non-hydrogen) atoms. The minimum Gasteiger partial charge on any atom is -0.493 e. The van der Waals surface area contributed by atoms with Crippen LogP contribution in [0.15, 0.2) is 36.4 Å². The maximum Gasteiger partial charge on any atom is 0.456 e. The predicted molar refractivity (Wildman–Crippen MR) is 106 cm³/mol. The minimum atomic E-state index is -1.67. The van der Waals surface area contributed by atoms with Gasteiger partial charge in [0.15, 0.2) is 0 Å². The number of ether oxygens (including phenoxy) is 1. The Labute approximate surface area is 160 Å². The van der Waals surface area contributed by atoms with E-state index >= 15 is 0 Å². The summed E-state index contributed by atoms with van der Waals surface area (Å²) in [4.78, 5) is 12.3. The number of carbonyl (C=O) groups is 1. The third-order valence-corrected chi connectivity index (χ3v) is 5.37. The Hall–Kier alpha value is -2.31. The van der Waals surface area contributed by atoms with Crippen molar-refractivity contribution in [3.63, 3.8) is 0 Å². The third kappa shape index (κ3) is 4.34. The van der Waals surface area contributed by atoms with Crippen molar-refractivity contribution in [2.75, 3.05) is 6.61 Å². The highest BCUT2D eigenvalue weighted by molar-refractivity contribution is 6.44. The van der Waals surface area contributed by atoms with E-state index in [0.717, 1.165) is 40.8 Å². The Morgan fingerprint density at radius 2 is 2.00 bits per heavy atom. The van der Waals surface area contributed by atoms with Gasteiger partial charge in [0.2, 0.25) is 5.91 Å². The summed E-state index contributed by atoms with van der Waals surface area (Å²) in [5.74, 6) is -1.39. The molecule has 0 bridgehead atoms. The van der Waals surface area contributed by atoms with Crippen LogP contribution in [0.3, 0.4) is 0 Å². The maximum absolute atomic E-state index is 12.3. The highest BCUT2D eigenvalue weighted by atomic mass is 16.5. The van der Waals surface area contributed by atoms with E-state index in [0.29, 0.717) is 18.6 Å². The van der Waals surface area contributed by atoms with Crippen molar-refractivity contribution in [1.29, 1.82) is 0 Å². The standard InChI is InChI=1S/C21H26BNO4/c1-13-5-6-16(14(2)10-13)11-18(22(25)26)20(21(23)24)17-8-7-15-4-3-9-27-19(15)12-17/h5-8,10,12,18,20,25-26H,3-4,9,11H2,1-2H3,(H2,23,24)/t18-,20?/m1/s1. The zero-order valence-electron chi connectivity index (χ0n) is 15.8. The van der Waals surface area contributed by atoms with Gasteiger partial charge in [0.1, 0.15) is 5.75 Å². The fraction of sp³-hybridized carbons (Fsp3) is 0.381. The Morgan fingerprint density at radius 1 is 1.22 bits per heavy atom. The average Bonchev–Trinajstić information content (AvgIpc) is 2.62. The fourth-order valence-electron chi connectivity index (χ4n) is 3.90. The molecule has 142 valence electrons. The highest BCUT2D eigenvalue weighted by Gasteiger charge is 2.37. The smallest absolute Gasteiger partial charge is 0.456 e. The molecule has 1 aliphatic heterocycles. The van der Waals surface area contributed by atoms with Crippen molar-refractivity contribution in [2.45, 2.75) is 44.8 Å². The average molecular weight is 367 g/mol.